The third kappa shape index (κ3) is 2.68. The van der Waals surface area contributed by atoms with E-state index in [0.29, 0.717) is 12.1 Å². The molecule has 7 heteroatoms. The lowest BCUT2D eigenvalue weighted by molar-refractivity contribution is -0.137. The first-order valence-corrected chi connectivity index (χ1v) is 5.38. The van der Waals surface area contributed by atoms with Crippen LogP contribution < -0.4 is 0 Å². The highest BCUT2D eigenvalue weighted by atomic mass is 32.2. The fourth-order valence-corrected chi connectivity index (χ4v) is 1.59. The predicted molar refractivity (Wildman–Crippen MR) is 44.6 cm³/mol. The minimum atomic E-state index is -4.53. The van der Waals surface area contributed by atoms with Gasteiger partial charge < -0.3 is 0 Å². The van der Waals surface area contributed by atoms with Crippen molar-refractivity contribution >= 4 is 9.84 Å². The van der Waals surface area contributed by atoms with Crippen LogP contribution in [-0.4, -0.2) is 14.4 Å². The van der Waals surface area contributed by atoms with E-state index in [1.807, 2.05) is 0 Å². The van der Waals surface area contributed by atoms with Gasteiger partial charge in [-0.3, -0.25) is 0 Å². The maximum Gasteiger partial charge on any atom is 0.416 e. The third-order valence-corrected chi connectivity index (χ3v) is 2.96. The van der Waals surface area contributed by atoms with Crippen LogP contribution in [0, 0.1) is 0 Å². The molecule has 0 saturated carbocycles. The van der Waals surface area contributed by atoms with E-state index in [1.54, 1.807) is 0 Å². The van der Waals surface area contributed by atoms with Crippen molar-refractivity contribution in [3.05, 3.63) is 29.8 Å². The summed E-state index contributed by atoms with van der Waals surface area (Å²) >= 11 is 0. The molecule has 0 radical (unpaired) electrons. The Morgan fingerprint density at radius 3 is 1.87 bits per heavy atom. The maximum absolute atomic E-state index is 12.1. The van der Waals surface area contributed by atoms with Crippen molar-refractivity contribution in [3.8, 4) is 0 Å². The largest absolute Gasteiger partial charge is 0.416 e. The molecule has 0 amide bonds. The van der Waals surface area contributed by atoms with Crippen LogP contribution in [0.1, 0.15) is 5.56 Å². The van der Waals surface area contributed by atoms with E-state index >= 15 is 0 Å². The van der Waals surface area contributed by atoms with Crippen molar-refractivity contribution in [2.45, 2.75) is 11.1 Å². The monoisotopic (exact) mass is 242 g/mol. The molecular formula is C8H6F4O2S. The molecule has 0 heterocycles. The highest BCUT2D eigenvalue weighted by Crippen LogP contribution is 2.29. The van der Waals surface area contributed by atoms with Crippen molar-refractivity contribution < 1.29 is 26.0 Å². The zero-order valence-electron chi connectivity index (χ0n) is 7.25. The van der Waals surface area contributed by atoms with Gasteiger partial charge >= 0.3 is 6.18 Å². The van der Waals surface area contributed by atoms with E-state index in [1.165, 1.54) is 0 Å². The Kier molecular flexibility index (Phi) is 3.03. The minimum Gasteiger partial charge on any atom is -0.233 e. The molecule has 1 aromatic rings. The third-order valence-electron chi connectivity index (χ3n) is 1.68. The molecule has 1 rings (SSSR count). The molecular weight excluding hydrogens is 236 g/mol. The Morgan fingerprint density at radius 2 is 1.53 bits per heavy atom. The first-order chi connectivity index (χ1) is 6.77. The standard InChI is InChI=1S/C8H6F4O2S/c9-5-15(13,14)7-3-1-6(2-4-7)8(10,11)12/h1-4H,5H2. The summed E-state index contributed by atoms with van der Waals surface area (Å²) in [6.07, 6.45) is -4.53. The molecule has 2 nitrogen and oxygen atoms in total. The van der Waals surface area contributed by atoms with Gasteiger partial charge in [-0.15, -0.1) is 0 Å². The number of sulfone groups is 1. The van der Waals surface area contributed by atoms with Gasteiger partial charge in [0.25, 0.3) is 0 Å². The molecule has 0 aromatic heterocycles. The number of hydrogen-bond donors (Lipinski definition) is 0. The van der Waals surface area contributed by atoms with Crippen LogP contribution in [0.25, 0.3) is 0 Å². The lowest BCUT2D eigenvalue weighted by Crippen LogP contribution is -2.07. The Labute approximate surface area is 83.4 Å². The van der Waals surface area contributed by atoms with Gasteiger partial charge in [-0.05, 0) is 24.3 Å². The van der Waals surface area contributed by atoms with Crippen LogP contribution in [-0.2, 0) is 16.0 Å². The van der Waals surface area contributed by atoms with E-state index in [2.05, 4.69) is 0 Å². The Bertz CT molecular complexity index is 433. The summed E-state index contributed by atoms with van der Waals surface area (Å²) in [6.45, 7) is 0. The normalized spacial score (nSPS) is 12.8. The number of alkyl halides is 4. The van der Waals surface area contributed by atoms with Crippen molar-refractivity contribution in [1.82, 2.24) is 0 Å². The van der Waals surface area contributed by atoms with Crippen LogP contribution in [0.15, 0.2) is 29.2 Å². The molecule has 1 aromatic carbocycles. The summed E-state index contributed by atoms with van der Waals surface area (Å²) in [5.41, 5.74) is -0.972. The average Bonchev–Trinajstić information content (AvgIpc) is 2.17. The molecule has 0 bridgehead atoms. The van der Waals surface area contributed by atoms with Crippen molar-refractivity contribution in [1.29, 1.82) is 0 Å². The van der Waals surface area contributed by atoms with Crippen molar-refractivity contribution in [2.24, 2.45) is 0 Å². The number of rotatable bonds is 2. The number of halogens is 4. The molecule has 0 aliphatic heterocycles. The highest BCUT2D eigenvalue weighted by molar-refractivity contribution is 7.91. The maximum atomic E-state index is 12.1. The zero-order valence-corrected chi connectivity index (χ0v) is 8.07. The summed E-state index contributed by atoms with van der Waals surface area (Å²) in [5, 5.41) is 0. The van der Waals surface area contributed by atoms with E-state index in [9.17, 15) is 26.0 Å². The van der Waals surface area contributed by atoms with Crippen LogP contribution in [0.3, 0.4) is 0 Å². The highest BCUT2D eigenvalue weighted by Gasteiger charge is 2.30. The van der Waals surface area contributed by atoms with Gasteiger partial charge in [-0.25, -0.2) is 12.8 Å². The first kappa shape index (κ1) is 12.0. The summed E-state index contributed by atoms with van der Waals surface area (Å²) in [7, 11) is -4.09. The van der Waals surface area contributed by atoms with Gasteiger partial charge in [0.2, 0.25) is 9.84 Å². The van der Waals surface area contributed by atoms with Crippen LogP contribution in [0.5, 0.6) is 0 Å². The fraction of sp³-hybridized carbons (Fsp3) is 0.250. The van der Waals surface area contributed by atoms with Crippen molar-refractivity contribution in [2.75, 3.05) is 6.01 Å². The molecule has 0 atom stereocenters. The van der Waals surface area contributed by atoms with Crippen LogP contribution >= 0.6 is 0 Å². The fourth-order valence-electron chi connectivity index (χ4n) is 0.914. The average molecular weight is 242 g/mol. The topological polar surface area (TPSA) is 34.1 Å². The van der Waals surface area contributed by atoms with Gasteiger partial charge in [-0.2, -0.15) is 13.2 Å². The molecule has 84 valence electrons. The van der Waals surface area contributed by atoms with E-state index in [0.717, 1.165) is 12.1 Å². The van der Waals surface area contributed by atoms with E-state index < -0.39 is 32.5 Å². The summed E-state index contributed by atoms with van der Waals surface area (Å²) in [6, 6.07) is 1.04. The van der Waals surface area contributed by atoms with E-state index in [4.69, 9.17) is 0 Å². The Hall–Kier alpha value is -1.11. The van der Waals surface area contributed by atoms with Gasteiger partial charge in [0, 0.05) is 0 Å². The first-order valence-electron chi connectivity index (χ1n) is 3.73. The lowest BCUT2D eigenvalue weighted by atomic mass is 10.2. The molecule has 0 fully saturated rings. The second kappa shape index (κ2) is 3.80. The summed E-state index contributed by atoms with van der Waals surface area (Å²) in [4.78, 5) is -0.460. The summed E-state index contributed by atoms with van der Waals surface area (Å²) < 4.78 is 70.0. The molecule has 0 N–H and O–H groups in total. The number of hydrogen-bond acceptors (Lipinski definition) is 2. The minimum absolute atomic E-state index is 0.460. The number of benzene rings is 1. The van der Waals surface area contributed by atoms with Gasteiger partial charge in [0.05, 0.1) is 10.5 Å². The van der Waals surface area contributed by atoms with Crippen LogP contribution in [0.2, 0.25) is 0 Å². The summed E-state index contributed by atoms with van der Waals surface area (Å²) in [5.74, 6) is 0. The SMILES string of the molecule is O=S(=O)(CF)c1ccc(C(F)(F)F)cc1. The Balaban J connectivity index is 3.12. The van der Waals surface area contributed by atoms with Gasteiger partial charge in [0.15, 0.2) is 6.01 Å². The molecule has 0 aliphatic carbocycles. The molecule has 0 spiro atoms. The zero-order chi connectivity index (χ0) is 11.7. The molecule has 0 aliphatic rings. The van der Waals surface area contributed by atoms with E-state index in [-0.39, 0.29) is 0 Å². The van der Waals surface area contributed by atoms with Crippen LogP contribution in [0.4, 0.5) is 17.6 Å². The molecule has 15 heavy (non-hydrogen) atoms. The molecule has 0 unspecified atom stereocenters. The smallest absolute Gasteiger partial charge is 0.233 e. The molecule has 0 saturated heterocycles. The quantitative estimate of drug-likeness (QED) is 0.746. The van der Waals surface area contributed by atoms with Gasteiger partial charge in [-0.1, -0.05) is 0 Å². The predicted octanol–water partition coefficient (Wildman–Crippen LogP) is 2.41. The Morgan fingerprint density at radius 1 is 1.07 bits per heavy atom. The van der Waals surface area contributed by atoms with Crippen molar-refractivity contribution in [3.63, 3.8) is 0 Å². The lowest BCUT2D eigenvalue weighted by Gasteiger charge is -2.06. The second-order valence-corrected chi connectivity index (χ2v) is 4.67. The second-order valence-electron chi connectivity index (χ2n) is 2.75. The van der Waals surface area contributed by atoms with Gasteiger partial charge in [0.1, 0.15) is 0 Å².